The smallest absolute Gasteiger partial charge is 0.405 e. The highest BCUT2D eigenvalue weighted by molar-refractivity contribution is 6.10. The van der Waals surface area contributed by atoms with Crippen molar-refractivity contribution < 1.29 is 22.7 Å². The van der Waals surface area contributed by atoms with Crippen LogP contribution in [0.1, 0.15) is 5.56 Å². The minimum atomic E-state index is -4.44. The third-order valence-electron chi connectivity index (χ3n) is 5.59. The Morgan fingerprint density at radius 2 is 1.75 bits per heavy atom. The van der Waals surface area contributed by atoms with E-state index in [4.69, 9.17) is 4.74 Å². The molecule has 36 heavy (non-hydrogen) atoms. The van der Waals surface area contributed by atoms with Gasteiger partial charge in [0.2, 0.25) is 5.95 Å². The van der Waals surface area contributed by atoms with Crippen LogP contribution in [0.5, 0.6) is 5.75 Å². The van der Waals surface area contributed by atoms with Gasteiger partial charge in [-0.25, -0.2) is 14.7 Å². The Bertz CT molecular complexity index is 1360. The maximum Gasteiger partial charge on any atom is 0.405 e. The number of H-pyrrole nitrogens is 1. The van der Waals surface area contributed by atoms with Crippen molar-refractivity contribution in [2.45, 2.75) is 12.7 Å². The van der Waals surface area contributed by atoms with E-state index < -0.39 is 18.8 Å². The summed E-state index contributed by atoms with van der Waals surface area (Å²) >= 11 is 0. The summed E-state index contributed by atoms with van der Waals surface area (Å²) in [4.78, 5) is 24.9. The molecule has 0 spiro atoms. The molecule has 0 bridgehead atoms. The first kappa shape index (κ1) is 23.1. The van der Waals surface area contributed by atoms with Crippen LogP contribution in [0.2, 0.25) is 0 Å². The summed E-state index contributed by atoms with van der Waals surface area (Å²) in [5.74, 6) is 0.622. The first-order valence-electron chi connectivity index (χ1n) is 10.8. The van der Waals surface area contributed by atoms with Crippen molar-refractivity contribution in [1.29, 1.82) is 0 Å². The Labute approximate surface area is 203 Å². The Morgan fingerprint density at radius 1 is 1.03 bits per heavy atom. The van der Waals surface area contributed by atoms with E-state index in [2.05, 4.69) is 25.5 Å². The highest BCUT2D eigenvalue weighted by Crippen LogP contribution is 2.37. The maximum absolute atomic E-state index is 13.7. The van der Waals surface area contributed by atoms with Gasteiger partial charge in [0.05, 0.1) is 25.5 Å². The van der Waals surface area contributed by atoms with Crippen LogP contribution in [0.15, 0.2) is 67.1 Å². The minimum Gasteiger partial charge on any atom is -0.497 e. The number of rotatable bonds is 6. The lowest BCUT2D eigenvalue weighted by Gasteiger charge is -2.36. The van der Waals surface area contributed by atoms with Gasteiger partial charge in [-0.1, -0.05) is 12.1 Å². The van der Waals surface area contributed by atoms with Crippen LogP contribution in [0, 0.1) is 0 Å². The number of carbonyl (C=O) groups is 1. The lowest BCUT2D eigenvalue weighted by molar-refractivity contribution is -0.115. The summed E-state index contributed by atoms with van der Waals surface area (Å²) in [6.45, 7) is -1.15. The average molecular weight is 495 g/mol. The van der Waals surface area contributed by atoms with E-state index in [-0.39, 0.29) is 18.3 Å². The topological polar surface area (TPSA) is 99.3 Å². The number of urea groups is 1. The van der Waals surface area contributed by atoms with Crippen molar-refractivity contribution >= 4 is 29.2 Å². The number of aromatic amines is 1. The van der Waals surface area contributed by atoms with E-state index >= 15 is 0 Å². The largest absolute Gasteiger partial charge is 0.497 e. The number of alkyl halides is 3. The molecule has 2 amide bonds. The quantitative estimate of drug-likeness (QED) is 0.385. The first-order valence-corrected chi connectivity index (χ1v) is 10.8. The van der Waals surface area contributed by atoms with E-state index in [0.29, 0.717) is 22.7 Å². The van der Waals surface area contributed by atoms with Gasteiger partial charge in [-0.15, -0.1) is 0 Å². The van der Waals surface area contributed by atoms with Crippen LogP contribution in [0.3, 0.4) is 0 Å². The fourth-order valence-corrected chi connectivity index (χ4v) is 3.82. The molecule has 2 N–H and O–H groups in total. The SMILES string of the molecule is COc1ccc(N2Cc3cnc(NCC(F)(F)F)nc3N(c3ccc(-c4cn[nH]c4)cc3)C2=O)cc1. The molecule has 2 aromatic heterocycles. The maximum atomic E-state index is 13.7. The number of hydrogen-bond acceptors (Lipinski definition) is 6. The van der Waals surface area contributed by atoms with Gasteiger partial charge < -0.3 is 10.1 Å². The van der Waals surface area contributed by atoms with E-state index in [0.717, 1.165) is 11.1 Å². The lowest BCUT2D eigenvalue weighted by atomic mass is 10.1. The summed E-state index contributed by atoms with van der Waals surface area (Å²) in [5, 5.41) is 8.88. The molecule has 5 rings (SSSR count). The number of aromatic nitrogens is 4. The van der Waals surface area contributed by atoms with Gasteiger partial charge in [0.1, 0.15) is 12.3 Å². The summed E-state index contributed by atoms with van der Waals surface area (Å²) in [6, 6.07) is 13.7. The number of ether oxygens (including phenoxy) is 1. The molecule has 0 saturated carbocycles. The fraction of sp³-hybridized carbons (Fsp3) is 0.167. The zero-order valence-corrected chi connectivity index (χ0v) is 19.0. The Balaban J connectivity index is 1.54. The monoisotopic (exact) mass is 495 g/mol. The molecule has 9 nitrogen and oxygen atoms in total. The zero-order valence-electron chi connectivity index (χ0n) is 19.0. The molecule has 0 fully saturated rings. The molecule has 0 saturated heterocycles. The summed E-state index contributed by atoms with van der Waals surface area (Å²) in [7, 11) is 1.55. The number of amides is 2. The predicted molar refractivity (Wildman–Crippen MR) is 127 cm³/mol. The predicted octanol–water partition coefficient (Wildman–Crippen LogP) is 5.13. The summed E-state index contributed by atoms with van der Waals surface area (Å²) in [6.07, 6.45) is 0.404. The molecule has 0 atom stereocenters. The standard InChI is InChI=1S/C24H20F3N7O2/c1-36-20-8-6-18(7-9-20)33-13-17-10-28-22(29-14-24(25,26)27)32-21(17)34(23(33)35)19-4-2-15(3-5-19)16-11-30-31-12-16/h2-12H,13-14H2,1H3,(H,30,31)(H,28,29,32). The van der Waals surface area contributed by atoms with Crippen LogP contribution < -0.4 is 19.9 Å². The second kappa shape index (κ2) is 9.21. The number of fused-ring (bicyclic) bond motifs is 1. The number of hydrogen-bond donors (Lipinski definition) is 2. The van der Waals surface area contributed by atoms with Gasteiger partial charge in [0, 0.05) is 29.2 Å². The van der Waals surface area contributed by atoms with Crippen molar-refractivity contribution in [3.8, 4) is 16.9 Å². The van der Waals surface area contributed by atoms with Crippen molar-refractivity contribution in [2.24, 2.45) is 0 Å². The van der Waals surface area contributed by atoms with Crippen LogP contribution in [-0.4, -0.2) is 46.0 Å². The second-order valence-corrected chi connectivity index (χ2v) is 7.95. The van der Waals surface area contributed by atoms with Gasteiger partial charge in [0.15, 0.2) is 5.82 Å². The van der Waals surface area contributed by atoms with Crippen molar-refractivity contribution in [3.63, 3.8) is 0 Å². The molecule has 3 heterocycles. The fourth-order valence-electron chi connectivity index (χ4n) is 3.82. The molecular weight excluding hydrogens is 475 g/mol. The third kappa shape index (κ3) is 4.65. The Hall–Kier alpha value is -4.61. The summed E-state index contributed by atoms with van der Waals surface area (Å²) in [5.41, 5.74) is 3.42. The van der Waals surface area contributed by atoms with Gasteiger partial charge >= 0.3 is 12.2 Å². The highest BCUT2D eigenvalue weighted by atomic mass is 19.4. The normalized spacial score (nSPS) is 13.5. The van der Waals surface area contributed by atoms with Gasteiger partial charge in [-0.2, -0.15) is 23.3 Å². The van der Waals surface area contributed by atoms with Gasteiger partial charge in [-0.05, 0) is 42.0 Å². The molecule has 0 aliphatic carbocycles. The second-order valence-electron chi connectivity index (χ2n) is 7.95. The molecule has 4 aromatic rings. The van der Waals surface area contributed by atoms with Crippen molar-refractivity contribution in [2.75, 3.05) is 28.8 Å². The van der Waals surface area contributed by atoms with E-state index in [1.807, 2.05) is 12.1 Å². The van der Waals surface area contributed by atoms with E-state index in [1.54, 1.807) is 55.9 Å². The molecular formula is C24H20F3N7O2. The number of nitrogens with zero attached hydrogens (tertiary/aromatic N) is 5. The van der Waals surface area contributed by atoms with Gasteiger partial charge in [-0.3, -0.25) is 10.00 Å². The van der Waals surface area contributed by atoms with Crippen molar-refractivity contribution in [3.05, 3.63) is 72.7 Å². The number of anilines is 4. The number of methoxy groups -OCH3 is 1. The van der Waals surface area contributed by atoms with E-state index in [9.17, 15) is 18.0 Å². The van der Waals surface area contributed by atoms with Crippen molar-refractivity contribution in [1.82, 2.24) is 20.2 Å². The van der Waals surface area contributed by atoms with Gasteiger partial charge in [0.25, 0.3) is 0 Å². The van der Waals surface area contributed by atoms with Crippen LogP contribution in [0.4, 0.5) is 41.1 Å². The molecule has 0 radical (unpaired) electrons. The lowest BCUT2D eigenvalue weighted by Crippen LogP contribution is -2.45. The minimum absolute atomic E-state index is 0.143. The molecule has 2 aromatic carbocycles. The number of benzene rings is 2. The molecule has 1 aliphatic heterocycles. The highest BCUT2D eigenvalue weighted by Gasteiger charge is 2.35. The third-order valence-corrected chi connectivity index (χ3v) is 5.59. The van der Waals surface area contributed by atoms with Crippen LogP contribution in [-0.2, 0) is 6.54 Å². The first-order chi connectivity index (χ1) is 17.3. The molecule has 0 unspecified atom stereocenters. The zero-order chi connectivity index (χ0) is 25.3. The van der Waals surface area contributed by atoms with E-state index in [1.165, 1.54) is 16.0 Å². The Kier molecular flexibility index (Phi) is 5.92. The molecule has 12 heteroatoms. The Morgan fingerprint density at radius 3 is 2.39 bits per heavy atom. The number of nitrogens with one attached hydrogen (secondary N) is 2. The number of halogens is 3. The van der Waals surface area contributed by atoms with Crippen LogP contribution in [0.25, 0.3) is 11.1 Å². The molecule has 1 aliphatic rings. The average Bonchev–Trinajstić information content (AvgIpc) is 3.42. The van der Waals surface area contributed by atoms with Crippen LogP contribution >= 0.6 is 0 Å². The number of carbonyl (C=O) groups excluding carboxylic acids is 1. The summed E-state index contributed by atoms with van der Waals surface area (Å²) < 4.78 is 43.4. The molecule has 184 valence electrons.